The molecule has 0 fully saturated rings. The van der Waals surface area contributed by atoms with Gasteiger partial charge in [-0.15, -0.1) is 0 Å². The maximum atomic E-state index is 11.9. The van der Waals surface area contributed by atoms with Crippen molar-refractivity contribution >= 4 is 43.6 Å². The highest BCUT2D eigenvalue weighted by Gasteiger charge is 2.18. The summed E-state index contributed by atoms with van der Waals surface area (Å²) in [4.78, 5) is 20.2. The molecule has 1 amide bonds. The summed E-state index contributed by atoms with van der Waals surface area (Å²) in [6.07, 6.45) is 3.05. The van der Waals surface area contributed by atoms with Gasteiger partial charge in [-0.05, 0) is 49.6 Å². The van der Waals surface area contributed by atoms with Gasteiger partial charge >= 0.3 is 0 Å². The Morgan fingerprint density at radius 3 is 2.58 bits per heavy atom. The molecule has 6 heteroatoms. The lowest BCUT2D eigenvalue weighted by atomic mass is 9.84. The van der Waals surface area contributed by atoms with Gasteiger partial charge in [0, 0.05) is 6.42 Å². The molecular weight excluding hydrogens is 374 g/mol. The average molecular weight is 393 g/mol. The normalized spacial score (nSPS) is 13.2. The van der Waals surface area contributed by atoms with E-state index in [1.165, 1.54) is 0 Å². The molecule has 0 spiro atoms. The molecule has 0 aliphatic heterocycles. The summed E-state index contributed by atoms with van der Waals surface area (Å²) in [7, 11) is 0. The van der Waals surface area contributed by atoms with E-state index in [1.807, 2.05) is 0 Å². The van der Waals surface area contributed by atoms with Crippen molar-refractivity contribution in [3.8, 4) is 0 Å². The molecule has 19 heavy (non-hydrogen) atoms. The SMILES string of the molecule is CC(CC(=O)Nc1ncc(Br)nc1Br)CC(C)(C)C. The molecular formula is C13H19Br2N3O. The topological polar surface area (TPSA) is 54.9 Å². The third-order valence-electron chi connectivity index (χ3n) is 2.45. The van der Waals surface area contributed by atoms with Crippen LogP contribution in [0.25, 0.3) is 0 Å². The van der Waals surface area contributed by atoms with E-state index in [4.69, 9.17) is 0 Å². The zero-order valence-corrected chi connectivity index (χ0v) is 14.8. The van der Waals surface area contributed by atoms with Crippen molar-refractivity contribution in [1.29, 1.82) is 0 Å². The Balaban J connectivity index is 2.56. The van der Waals surface area contributed by atoms with Gasteiger partial charge in [-0.1, -0.05) is 27.7 Å². The first-order valence-electron chi connectivity index (χ1n) is 6.15. The van der Waals surface area contributed by atoms with Crippen molar-refractivity contribution in [2.24, 2.45) is 11.3 Å². The second-order valence-electron chi connectivity index (χ2n) is 5.95. The molecule has 1 atom stereocenters. The van der Waals surface area contributed by atoms with Gasteiger partial charge < -0.3 is 5.32 Å². The van der Waals surface area contributed by atoms with Crippen LogP contribution in [0.4, 0.5) is 5.82 Å². The number of carbonyl (C=O) groups excluding carboxylic acids is 1. The van der Waals surface area contributed by atoms with Gasteiger partial charge in [0.1, 0.15) is 9.21 Å². The number of amides is 1. The summed E-state index contributed by atoms with van der Waals surface area (Å²) in [6.45, 7) is 8.63. The molecule has 1 unspecified atom stereocenters. The first-order chi connectivity index (χ1) is 8.67. The highest BCUT2D eigenvalue weighted by atomic mass is 79.9. The minimum atomic E-state index is -0.0333. The Kier molecular flexibility index (Phi) is 5.92. The van der Waals surface area contributed by atoms with Crippen LogP contribution in [0.2, 0.25) is 0 Å². The second kappa shape index (κ2) is 6.79. The van der Waals surface area contributed by atoms with Gasteiger partial charge in [-0.3, -0.25) is 4.79 Å². The Labute approximate surface area is 131 Å². The molecule has 1 aromatic rings. The lowest BCUT2D eigenvalue weighted by Gasteiger charge is -2.22. The molecule has 1 rings (SSSR count). The molecule has 4 nitrogen and oxygen atoms in total. The Morgan fingerprint density at radius 2 is 2.05 bits per heavy atom. The molecule has 106 valence electrons. The lowest BCUT2D eigenvalue weighted by Crippen LogP contribution is -2.19. The van der Waals surface area contributed by atoms with Crippen molar-refractivity contribution in [3.05, 3.63) is 15.4 Å². The monoisotopic (exact) mass is 391 g/mol. The van der Waals surface area contributed by atoms with E-state index >= 15 is 0 Å². The Bertz CT molecular complexity index is 458. The van der Waals surface area contributed by atoms with Crippen molar-refractivity contribution in [2.75, 3.05) is 5.32 Å². The smallest absolute Gasteiger partial charge is 0.225 e. The highest BCUT2D eigenvalue weighted by Crippen LogP contribution is 2.26. The summed E-state index contributed by atoms with van der Waals surface area (Å²) in [5.41, 5.74) is 0.234. The lowest BCUT2D eigenvalue weighted by molar-refractivity contribution is -0.117. The molecule has 0 saturated heterocycles. The maximum absolute atomic E-state index is 11.9. The zero-order valence-electron chi connectivity index (χ0n) is 11.6. The largest absolute Gasteiger partial charge is 0.308 e. The van der Waals surface area contributed by atoms with Gasteiger partial charge in [0.05, 0.1) is 6.20 Å². The van der Waals surface area contributed by atoms with E-state index in [-0.39, 0.29) is 11.3 Å². The first kappa shape index (κ1) is 16.6. The van der Waals surface area contributed by atoms with Crippen LogP contribution < -0.4 is 5.32 Å². The number of hydrogen-bond acceptors (Lipinski definition) is 3. The van der Waals surface area contributed by atoms with E-state index in [9.17, 15) is 4.79 Å². The average Bonchev–Trinajstić information content (AvgIpc) is 2.19. The number of nitrogens with one attached hydrogen (secondary N) is 1. The van der Waals surface area contributed by atoms with Crippen molar-refractivity contribution < 1.29 is 4.79 Å². The van der Waals surface area contributed by atoms with Gasteiger partial charge in [-0.25, -0.2) is 9.97 Å². The molecule has 0 aliphatic carbocycles. The van der Waals surface area contributed by atoms with Crippen molar-refractivity contribution in [2.45, 2.75) is 40.5 Å². The van der Waals surface area contributed by atoms with Gasteiger partial charge in [0.25, 0.3) is 0 Å². The van der Waals surface area contributed by atoms with Gasteiger partial charge in [-0.2, -0.15) is 0 Å². The van der Waals surface area contributed by atoms with Crippen LogP contribution in [0, 0.1) is 11.3 Å². The number of aromatic nitrogens is 2. The predicted octanol–water partition coefficient (Wildman–Crippen LogP) is 4.40. The summed E-state index contributed by atoms with van der Waals surface area (Å²) in [6, 6.07) is 0. The molecule has 0 radical (unpaired) electrons. The molecule has 1 aromatic heterocycles. The summed E-state index contributed by atoms with van der Waals surface area (Å²) in [5, 5.41) is 2.77. The zero-order chi connectivity index (χ0) is 14.6. The van der Waals surface area contributed by atoms with Crippen LogP contribution in [0.1, 0.15) is 40.5 Å². The highest BCUT2D eigenvalue weighted by molar-refractivity contribution is 9.11. The summed E-state index contributed by atoms with van der Waals surface area (Å²) in [5.74, 6) is 0.757. The van der Waals surface area contributed by atoms with E-state index < -0.39 is 0 Å². The van der Waals surface area contributed by atoms with E-state index in [0.29, 0.717) is 27.4 Å². The third-order valence-corrected chi connectivity index (χ3v) is 3.39. The molecule has 0 bridgehead atoms. The number of carbonyl (C=O) groups is 1. The van der Waals surface area contributed by atoms with Crippen LogP contribution in [0.5, 0.6) is 0 Å². The number of anilines is 1. The van der Waals surface area contributed by atoms with Gasteiger partial charge in [0.15, 0.2) is 5.82 Å². The number of hydrogen-bond donors (Lipinski definition) is 1. The fourth-order valence-corrected chi connectivity index (χ4v) is 2.96. The number of halogens is 2. The minimum Gasteiger partial charge on any atom is -0.308 e. The second-order valence-corrected chi connectivity index (χ2v) is 7.52. The molecule has 0 aliphatic rings. The Morgan fingerprint density at radius 1 is 1.42 bits per heavy atom. The van der Waals surface area contributed by atoms with Crippen molar-refractivity contribution in [1.82, 2.24) is 9.97 Å². The van der Waals surface area contributed by atoms with Crippen LogP contribution in [0.15, 0.2) is 15.4 Å². The van der Waals surface area contributed by atoms with E-state index in [1.54, 1.807) is 6.20 Å². The first-order valence-corrected chi connectivity index (χ1v) is 7.74. The summed E-state index contributed by atoms with van der Waals surface area (Å²) < 4.78 is 1.15. The fourth-order valence-electron chi connectivity index (χ4n) is 2.05. The minimum absolute atomic E-state index is 0.0333. The van der Waals surface area contributed by atoms with Crippen LogP contribution in [-0.4, -0.2) is 15.9 Å². The Hall–Kier alpha value is -0.490. The van der Waals surface area contributed by atoms with Crippen LogP contribution >= 0.6 is 31.9 Å². The third kappa shape index (κ3) is 6.47. The van der Waals surface area contributed by atoms with Crippen molar-refractivity contribution in [3.63, 3.8) is 0 Å². The summed E-state index contributed by atoms with van der Waals surface area (Å²) >= 11 is 6.49. The number of rotatable bonds is 4. The molecule has 1 N–H and O–H groups in total. The van der Waals surface area contributed by atoms with Gasteiger partial charge in [0.2, 0.25) is 5.91 Å². The maximum Gasteiger partial charge on any atom is 0.225 e. The van der Waals surface area contributed by atoms with E-state index in [0.717, 1.165) is 6.42 Å². The standard InChI is InChI=1S/C13H19Br2N3O/c1-8(6-13(2,3)4)5-10(19)18-12-11(15)17-9(14)7-16-12/h7-8H,5-6H2,1-4H3,(H,16,18,19). The molecule has 0 aromatic carbocycles. The number of nitrogens with zero attached hydrogens (tertiary/aromatic N) is 2. The van der Waals surface area contributed by atoms with Crippen LogP contribution in [0.3, 0.4) is 0 Å². The van der Waals surface area contributed by atoms with E-state index in [2.05, 4.69) is 74.8 Å². The molecule has 0 saturated carbocycles. The van der Waals surface area contributed by atoms with Crippen LogP contribution in [-0.2, 0) is 4.79 Å². The molecule has 1 heterocycles. The fraction of sp³-hybridized carbons (Fsp3) is 0.615. The quantitative estimate of drug-likeness (QED) is 0.825. The predicted molar refractivity (Wildman–Crippen MR) is 83.9 cm³/mol.